The molecule has 1 amide bonds. The number of anilines is 1. The number of hydrogen-bond donors (Lipinski definition) is 0. The summed E-state index contributed by atoms with van der Waals surface area (Å²) in [6.45, 7) is 0. The maximum atomic E-state index is 13.7. The number of hydrogen-bond acceptors (Lipinski definition) is 10. The Kier molecular flexibility index (Phi) is 6.89. The molecule has 2 heterocycles. The predicted octanol–water partition coefficient (Wildman–Crippen LogP) is 5.11. The standard InChI is InChI=1S/C22H17FN4O6S2/c1-31-16-8-12(9-17(32-2)20(16)33-3)21(28)26(24-11-14-5-7-19(34-14)27(29)30)22-25-15-6-4-13(23)10-18(15)35-22/h4-11H,1-3H3/b24-11+. The van der Waals surface area contributed by atoms with Crippen molar-refractivity contribution in [1.29, 1.82) is 0 Å². The van der Waals surface area contributed by atoms with E-state index in [1.165, 1.54) is 70.0 Å². The van der Waals surface area contributed by atoms with Gasteiger partial charge in [0, 0.05) is 11.6 Å². The Morgan fingerprint density at radius 1 is 1.09 bits per heavy atom. The number of amides is 1. The number of thiophene rings is 1. The van der Waals surface area contributed by atoms with Crippen molar-refractivity contribution in [1.82, 2.24) is 4.98 Å². The Bertz CT molecular complexity index is 1430. The Hall–Kier alpha value is -4.10. The van der Waals surface area contributed by atoms with Gasteiger partial charge >= 0.3 is 5.00 Å². The van der Waals surface area contributed by atoms with Crippen LogP contribution in [0.25, 0.3) is 10.2 Å². The molecule has 0 bridgehead atoms. The second-order valence-electron chi connectivity index (χ2n) is 6.82. The van der Waals surface area contributed by atoms with Crippen molar-refractivity contribution in [3.05, 3.63) is 68.8 Å². The molecule has 13 heteroatoms. The normalized spacial score (nSPS) is 11.1. The Labute approximate surface area is 205 Å². The monoisotopic (exact) mass is 516 g/mol. The number of halogens is 1. The zero-order chi connectivity index (χ0) is 25.1. The lowest BCUT2D eigenvalue weighted by atomic mass is 10.1. The van der Waals surface area contributed by atoms with Crippen LogP contribution in [0.3, 0.4) is 0 Å². The number of carbonyl (C=O) groups excluding carboxylic acids is 1. The molecule has 35 heavy (non-hydrogen) atoms. The first-order valence-corrected chi connectivity index (χ1v) is 11.5. The van der Waals surface area contributed by atoms with Gasteiger partial charge in [0.05, 0.1) is 47.6 Å². The van der Waals surface area contributed by atoms with E-state index in [9.17, 15) is 19.3 Å². The number of aromatic nitrogens is 1. The van der Waals surface area contributed by atoms with Gasteiger partial charge in [-0.2, -0.15) is 10.1 Å². The number of ether oxygens (including phenoxy) is 3. The molecule has 0 aliphatic rings. The van der Waals surface area contributed by atoms with Gasteiger partial charge in [0.2, 0.25) is 10.9 Å². The van der Waals surface area contributed by atoms with Crippen LogP contribution in [0.2, 0.25) is 0 Å². The van der Waals surface area contributed by atoms with E-state index < -0.39 is 16.6 Å². The van der Waals surface area contributed by atoms with Crippen molar-refractivity contribution in [2.45, 2.75) is 0 Å². The highest BCUT2D eigenvalue weighted by molar-refractivity contribution is 7.22. The van der Waals surface area contributed by atoms with Crippen LogP contribution in [0, 0.1) is 15.9 Å². The van der Waals surface area contributed by atoms with Crippen LogP contribution in [0.15, 0.2) is 47.6 Å². The van der Waals surface area contributed by atoms with E-state index >= 15 is 0 Å². The third-order valence-electron chi connectivity index (χ3n) is 4.72. The largest absolute Gasteiger partial charge is 0.493 e. The zero-order valence-corrected chi connectivity index (χ0v) is 20.2. The fraction of sp³-hybridized carbons (Fsp3) is 0.136. The van der Waals surface area contributed by atoms with Crippen molar-refractivity contribution in [3.63, 3.8) is 0 Å². The number of benzene rings is 2. The quantitative estimate of drug-likeness (QED) is 0.181. The third-order valence-corrected chi connectivity index (χ3v) is 6.68. The molecule has 10 nitrogen and oxygen atoms in total. The number of fused-ring (bicyclic) bond motifs is 1. The summed E-state index contributed by atoms with van der Waals surface area (Å²) in [4.78, 5) is 29.0. The topological polar surface area (TPSA) is 116 Å². The molecule has 0 fully saturated rings. The van der Waals surface area contributed by atoms with Crippen molar-refractivity contribution in [3.8, 4) is 17.2 Å². The van der Waals surface area contributed by atoms with Crippen molar-refractivity contribution < 1.29 is 28.3 Å². The van der Waals surface area contributed by atoms with Crippen LogP contribution in [0.1, 0.15) is 15.2 Å². The molecule has 0 saturated heterocycles. The minimum Gasteiger partial charge on any atom is -0.493 e. The number of thiazole rings is 1. The fourth-order valence-corrected chi connectivity index (χ4v) is 4.75. The van der Waals surface area contributed by atoms with Crippen molar-refractivity contribution >= 4 is 55.1 Å². The van der Waals surface area contributed by atoms with Gasteiger partial charge in [-0.15, -0.1) is 0 Å². The maximum Gasteiger partial charge on any atom is 0.324 e. The molecular formula is C22H17FN4O6S2. The Morgan fingerprint density at radius 3 is 2.40 bits per heavy atom. The molecule has 180 valence electrons. The molecule has 0 spiro atoms. The van der Waals surface area contributed by atoms with E-state index in [4.69, 9.17) is 14.2 Å². The molecule has 2 aromatic heterocycles. The molecule has 4 rings (SSSR count). The van der Waals surface area contributed by atoms with Crippen molar-refractivity contribution in [2.75, 3.05) is 26.3 Å². The number of methoxy groups -OCH3 is 3. The van der Waals surface area contributed by atoms with Gasteiger partial charge in [0.25, 0.3) is 5.91 Å². The second kappa shape index (κ2) is 10.0. The molecule has 2 aromatic carbocycles. The average molecular weight is 517 g/mol. The molecule has 0 radical (unpaired) electrons. The van der Waals surface area contributed by atoms with E-state index in [1.807, 2.05) is 0 Å². The summed E-state index contributed by atoms with van der Waals surface area (Å²) in [7, 11) is 4.29. The van der Waals surface area contributed by atoms with E-state index in [0.29, 0.717) is 20.8 Å². The molecule has 0 N–H and O–H groups in total. The van der Waals surface area contributed by atoms with E-state index in [-0.39, 0.29) is 27.2 Å². The fourth-order valence-electron chi connectivity index (χ4n) is 3.12. The van der Waals surface area contributed by atoms with Gasteiger partial charge in [0.1, 0.15) is 5.82 Å². The molecule has 0 aliphatic carbocycles. The van der Waals surface area contributed by atoms with Gasteiger partial charge in [-0.05, 0) is 36.4 Å². The smallest absolute Gasteiger partial charge is 0.324 e. The lowest BCUT2D eigenvalue weighted by molar-refractivity contribution is -0.380. The summed E-state index contributed by atoms with van der Waals surface area (Å²) in [5.41, 5.74) is 0.635. The first-order chi connectivity index (χ1) is 16.8. The van der Waals surface area contributed by atoms with Gasteiger partial charge < -0.3 is 14.2 Å². The first kappa shape index (κ1) is 24.0. The summed E-state index contributed by atoms with van der Waals surface area (Å²) < 4.78 is 30.2. The van der Waals surface area contributed by atoms with E-state index in [2.05, 4.69) is 10.1 Å². The highest BCUT2D eigenvalue weighted by Crippen LogP contribution is 2.39. The second-order valence-corrected chi connectivity index (χ2v) is 8.92. The number of rotatable bonds is 8. The molecule has 0 aliphatic heterocycles. The number of carbonyl (C=O) groups is 1. The lowest BCUT2D eigenvalue weighted by Gasteiger charge is -2.17. The molecule has 0 atom stereocenters. The van der Waals surface area contributed by atoms with Crippen LogP contribution < -0.4 is 19.2 Å². The van der Waals surface area contributed by atoms with Gasteiger partial charge in [-0.1, -0.05) is 22.7 Å². The van der Waals surface area contributed by atoms with Crippen molar-refractivity contribution in [2.24, 2.45) is 5.10 Å². The minimum atomic E-state index is -0.592. The third kappa shape index (κ3) is 4.90. The number of nitrogens with zero attached hydrogens (tertiary/aromatic N) is 4. The maximum absolute atomic E-state index is 13.7. The predicted molar refractivity (Wildman–Crippen MR) is 131 cm³/mol. The average Bonchev–Trinajstić information content (AvgIpc) is 3.50. The highest BCUT2D eigenvalue weighted by atomic mass is 32.1. The van der Waals surface area contributed by atoms with E-state index in [1.54, 1.807) is 0 Å². The van der Waals surface area contributed by atoms with Crippen LogP contribution in [-0.4, -0.2) is 43.4 Å². The number of nitro groups is 1. The zero-order valence-electron chi connectivity index (χ0n) is 18.6. The first-order valence-electron chi connectivity index (χ1n) is 9.83. The molecule has 4 aromatic rings. The number of hydrazone groups is 1. The summed E-state index contributed by atoms with van der Waals surface area (Å²) in [6.07, 6.45) is 1.32. The SMILES string of the molecule is COc1cc(C(=O)N(/N=C/c2ccc([N+](=O)[O-])s2)c2nc3ccc(F)cc3s2)cc(OC)c1OC. The molecule has 0 unspecified atom stereocenters. The van der Waals surface area contributed by atoms with E-state index in [0.717, 1.165) is 27.7 Å². The Morgan fingerprint density at radius 2 is 1.80 bits per heavy atom. The van der Waals surface area contributed by atoms with Crippen LogP contribution in [-0.2, 0) is 0 Å². The minimum absolute atomic E-state index is 0.0654. The summed E-state index contributed by atoms with van der Waals surface area (Å²) >= 11 is 1.96. The van der Waals surface area contributed by atoms with Gasteiger partial charge in [0.15, 0.2) is 11.5 Å². The van der Waals surface area contributed by atoms with Gasteiger partial charge in [-0.3, -0.25) is 14.9 Å². The summed E-state index contributed by atoms with van der Waals surface area (Å²) in [6, 6.07) is 9.87. The van der Waals surface area contributed by atoms with Crippen LogP contribution in [0.4, 0.5) is 14.5 Å². The summed E-state index contributed by atoms with van der Waals surface area (Å²) in [5, 5.41) is 16.4. The highest BCUT2D eigenvalue weighted by Gasteiger charge is 2.25. The molecular weight excluding hydrogens is 499 g/mol. The Balaban J connectivity index is 1.80. The summed E-state index contributed by atoms with van der Waals surface area (Å²) in [5.74, 6) is -0.197. The van der Waals surface area contributed by atoms with Crippen LogP contribution >= 0.6 is 22.7 Å². The lowest BCUT2D eigenvalue weighted by Crippen LogP contribution is -2.25. The van der Waals surface area contributed by atoms with Gasteiger partial charge in [-0.25, -0.2) is 9.37 Å². The van der Waals surface area contributed by atoms with Crippen LogP contribution in [0.5, 0.6) is 17.2 Å². The molecule has 0 saturated carbocycles.